The Labute approximate surface area is 132 Å². The van der Waals surface area contributed by atoms with Gasteiger partial charge in [0, 0.05) is 26.2 Å². The average molecular weight is 320 g/mol. The lowest BCUT2D eigenvalue weighted by molar-refractivity contribution is -0.137. The zero-order valence-corrected chi connectivity index (χ0v) is 13.1. The van der Waals surface area contributed by atoms with Crippen molar-refractivity contribution in [3.63, 3.8) is 0 Å². The third kappa shape index (κ3) is 5.29. The van der Waals surface area contributed by atoms with Crippen LogP contribution in [-0.2, 0) is 11.3 Å². The second kappa shape index (κ2) is 10.00. The molecule has 3 N–H and O–H groups in total. The van der Waals surface area contributed by atoms with Crippen LogP contribution in [0, 0.1) is 5.92 Å². The highest BCUT2D eigenvalue weighted by Gasteiger charge is 2.28. The van der Waals surface area contributed by atoms with Gasteiger partial charge in [0.1, 0.15) is 0 Å². The van der Waals surface area contributed by atoms with Gasteiger partial charge < -0.3 is 16.0 Å². The van der Waals surface area contributed by atoms with Gasteiger partial charge in [-0.05, 0) is 18.5 Å². The Balaban J connectivity index is 0.00000180. The summed E-state index contributed by atoms with van der Waals surface area (Å²) in [5.74, 6) is 0.414. The van der Waals surface area contributed by atoms with Crippen LogP contribution in [-0.4, -0.2) is 37.0 Å². The Morgan fingerprint density at radius 2 is 1.90 bits per heavy atom. The van der Waals surface area contributed by atoms with Gasteiger partial charge >= 0.3 is 0 Å². The molecule has 0 radical (unpaired) electrons. The maximum atomic E-state index is 12.3. The molecule has 6 heteroatoms. The van der Waals surface area contributed by atoms with Crippen molar-refractivity contribution in [1.29, 1.82) is 0 Å². The fourth-order valence-electron chi connectivity index (χ4n) is 2.07. The summed E-state index contributed by atoms with van der Waals surface area (Å²) in [6, 6.07) is 10.1. The van der Waals surface area contributed by atoms with E-state index in [4.69, 9.17) is 5.73 Å². The van der Waals surface area contributed by atoms with Crippen LogP contribution < -0.4 is 11.1 Å². The van der Waals surface area contributed by atoms with E-state index in [0.717, 1.165) is 26.1 Å². The van der Waals surface area contributed by atoms with Gasteiger partial charge in [0.05, 0.1) is 5.92 Å². The van der Waals surface area contributed by atoms with Crippen molar-refractivity contribution in [2.75, 3.05) is 26.2 Å². The van der Waals surface area contributed by atoms with Gasteiger partial charge in [0.2, 0.25) is 5.91 Å². The Bertz CT molecular complexity index is 385. The van der Waals surface area contributed by atoms with Gasteiger partial charge in [0.25, 0.3) is 0 Å². The molecule has 1 aliphatic rings. The first-order valence-corrected chi connectivity index (χ1v) is 6.54. The smallest absolute Gasteiger partial charge is 0.228 e. The predicted octanol–water partition coefficient (Wildman–Crippen LogP) is 1.43. The van der Waals surface area contributed by atoms with E-state index < -0.39 is 0 Å². The van der Waals surface area contributed by atoms with Crippen molar-refractivity contribution in [3.8, 4) is 0 Å². The summed E-state index contributed by atoms with van der Waals surface area (Å²) in [6.45, 7) is 3.69. The molecule has 0 unspecified atom stereocenters. The number of carbonyl (C=O) groups is 1. The van der Waals surface area contributed by atoms with Crippen LogP contribution in [0.15, 0.2) is 30.3 Å². The van der Waals surface area contributed by atoms with E-state index in [1.807, 2.05) is 23.1 Å². The Kier molecular flexibility index (Phi) is 9.59. The summed E-state index contributed by atoms with van der Waals surface area (Å²) >= 11 is 0. The van der Waals surface area contributed by atoms with E-state index >= 15 is 0 Å². The summed E-state index contributed by atoms with van der Waals surface area (Å²) in [7, 11) is 0. The van der Waals surface area contributed by atoms with Gasteiger partial charge in [-0.2, -0.15) is 0 Å². The quantitative estimate of drug-likeness (QED) is 0.834. The summed E-state index contributed by atoms with van der Waals surface area (Å²) < 4.78 is 0. The minimum atomic E-state index is 0. The largest absolute Gasteiger partial charge is 0.338 e. The lowest BCUT2D eigenvalue weighted by Gasteiger charge is -2.32. The molecule has 20 heavy (non-hydrogen) atoms. The minimum absolute atomic E-state index is 0. The van der Waals surface area contributed by atoms with Crippen LogP contribution in [0.25, 0.3) is 0 Å². The van der Waals surface area contributed by atoms with Crippen molar-refractivity contribution < 1.29 is 4.79 Å². The highest BCUT2D eigenvalue weighted by Crippen LogP contribution is 2.12. The number of rotatable bonds is 6. The number of nitrogens with two attached hydrogens (primary N) is 1. The number of amides is 1. The third-order valence-corrected chi connectivity index (χ3v) is 3.29. The maximum Gasteiger partial charge on any atom is 0.228 e. The standard InChI is InChI=1S/C14H21N3O.2ClH/c15-7-4-8-17(14(18)13-9-16-10-13)11-12-5-2-1-3-6-12;;/h1-3,5-6,13,16H,4,7-11,15H2;2*1H. The molecule has 4 nitrogen and oxygen atoms in total. The second-order valence-corrected chi connectivity index (χ2v) is 4.74. The topological polar surface area (TPSA) is 58.4 Å². The molecule has 0 bridgehead atoms. The van der Waals surface area contributed by atoms with Crippen LogP contribution in [0.2, 0.25) is 0 Å². The number of nitrogens with zero attached hydrogens (tertiary/aromatic N) is 1. The lowest BCUT2D eigenvalue weighted by Crippen LogP contribution is -2.52. The van der Waals surface area contributed by atoms with E-state index in [2.05, 4.69) is 17.4 Å². The first kappa shape index (κ1) is 19.2. The van der Waals surface area contributed by atoms with Crippen molar-refractivity contribution in [1.82, 2.24) is 10.2 Å². The van der Waals surface area contributed by atoms with Crippen molar-refractivity contribution >= 4 is 30.7 Å². The van der Waals surface area contributed by atoms with E-state index in [0.29, 0.717) is 13.1 Å². The highest BCUT2D eigenvalue weighted by atomic mass is 35.5. The van der Waals surface area contributed by atoms with Crippen LogP contribution in [0.4, 0.5) is 0 Å². The fourth-order valence-corrected chi connectivity index (χ4v) is 2.07. The fraction of sp³-hybridized carbons (Fsp3) is 0.500. The molecule has 1 aliphatic heterocycles. The number of halogens is 2. The Morgan fingerprint density at radius 1 is 1.25 bits per heavy atom. The predicted molar refractivity (Wildman–Crippen MR) is 86.4 cm³/mol. The summed E-state index contributed by atoms with van der Waals surface area (Å²) in [6.07, 6.45) is 0.860. The van der Waals surface area contributed by atoms with Gasteiger partial charge in [0.15, 0.2) is 0 Å². The first-order chi connectivity index (χ1) is 8.81. The van der Waals surface area contributed by atoms with Crippen molar-refractivity contribution in [2.24, 2.45) is 11.7 Å². The summed E-state index contributed by atoms with van der Waals surface area (Å²) in [5, 5.41) is 3.14. The highest BCUT2D eigenvalue weighted by molar-refractivity contribution is 5.85. The Hall–Kier alpha value is -0.810. The number of hydrogen-bond donors (Lipinski definition) is 2. The zero-order valence-electron chi connectivity index (χ0n) is 11.5. The SMILES string of the molecule is Cl.Cl.NCCCN(Cc1ccccc1)C(=O)C1CNC1. The zero-order chi connectivity index (χ0) is 12.8. The number of carbonyl (C=O) groups excluding carboxylic acids is 1. The van der Waals surface area contributed by atoms with Gasteiger partial charge in [-0.25, -0.2) is 0 Å². The molecule has 1 heterocycles. The van der Waals surface area contributed by atoms with E-state index in [1.165, 1.54) is 5.56 Å². The maximum absolute atomic E-state index is 12.3. The van der Waals surface area contributed by atoms with Crippen LogP contribution >= 0.6 is 24.8 Å². The van der Waals surface area contributed by atoms with Gasteiger partial charge in [-0.1, -0.05) is 30.3 Å². The molecule has 1 fully saturated rings. The van der Waals surface area contributed by atoms with E-state index in [1.54, 1.807) is 0 Å². The molecule has 0 aromatic heterocycles. The van der Waals surface area contributed by atoms with Crippen molar-refractivity contribution in [3.05, 3.63) is 35.9 Å². The average Bonchev–Trinajstić information content (AvgIpc) is 2.33. The minimum Gasteiger partial charge on any atom is -0.338 e. The second-order valence-electron chi connectivity index (χ2n) is 4.74. The molecule has 1 aromatic rings. The molecule has 0 aliphatic carbocycles. The molecule has 1 saturated heterocycles. The van der Waals surface area contributed by atoms with Crippen LogP contribution in [0.5, 0.6) is 0 Å². The van der Waals surface area contributed by atoms with Gasteiger partial charge in [-0.15, -0.1) is 24.8 Å². The molecular weight excluding hydrogens is 297 g/mol. The van der Waals surface area contributed by atoms with Crippen molar-refractivity contribution in [2.45, 2.75) is 13.0 Å². The molecule has 0 atom stereocenters. The lowest BCUT2D eigenvalue weighted by atomic mass is 10.0. The van der Waals surface area contributed by atoms with Crippen LogP contribution in [0.1, 0.15) is 12.0 Å². The molecule has 114 valence electrons. The molecule has 0 spiro atoms. The Morgan fingerprint density at radius 3 is 2.40 bits per heavy atom. The number of nitrogens with one attached hydrogen (secondary N) is 1. The molecule has 0 saturated carbocycles. The first-order valence-electron chi connectivity index (χ1n) is 6.54. The summed E-state index contributed by atoms with van der Waals surface area (Å²) in [4.78, 5) is 14.2. The van der Waals surface area contributed by atoms with E-state index in [9.17, 15) is 4.79 Å². The van der Waals surface area contributed by atoms with Gasteiger partial charge in [-0.3, -0.25) is 4.79 Å². The normalized spacial score (nSPS) is 13.7. The number of benzene rings is 1. The van der Waals surface area contributed by atoms with E-state index in [-0.39, 0.29) is 36.6 Å². The monoisotopic (exact) mass is 319 g/mol. The van der Waals surface area contributed by atoms with Crippen LogP contribution in [0.3, 0.4) is 0 Å². The third-order valence-electron chi connectivity index (χ3n) is 3.29. The number of hydrogen-bond acceptors (Lipinski definition) is 3. The summed E-state index contributed by atoms with van der Waals surface area (Å²) in [5.41, 5.74) is 6.72. The molecular formula is C14H23Cl2N3O. The molecule has 2 rings (SSSR count). The molecule has 1 amide bonds. The molecule has 1 aromatic carbocycles.